The van der Waals surface area contributed by atoms with Crippen LogP contribution in [0.25, 0.3) is 16.8 Å². The molecule has 5 nitrogen and oxygen atoms in total. The van der Waals surface area contributed by atoms with Crippen molar-refractivity contribution in [1.82, 2.24) is 15.0 Å². The van der Waals surface area contributed by atoms with Crippen LogP contribution in [0.2, 0.25) is 0 Å². The zero-order valence-corrected chi connectivity index (χ0v) is 18.3. The summed E-state index contributed by atoms with van der Waals surface area (Å²) in [6, 6.07) is 9.78. The molecule has 0 saturated carbocycles. The standard InChI is InChI=1S/C26H24FN3O2/c1-5-18-10-15(2)9-16(3)25(18)26-23(31)12-20(13-24(26)32)17(4)30-14-22(28-29-30)19-7-6-8-21(27)11-19/h1,6-11,14,17,20,31H,12-13H2,2-4H3. The molecule has 1 aromatic heterocycles. The molecule has 162 valence electrons. The molecular formula is C26H24FN3O2. The molecule has 1 heterocycles. The van der Waals surface area contributed by atoms with Crippen molar-refractivity contribution < 1.29 is 14.3 Å². The third-order valence-electron chi connectivity index (χ3n) is 6.09. The lowest BCUT2D eigenvalue weighted by Gasteiger charge is -2.29. The minimum atomic E-state index is -0.344. The van der Waals surface area contributed by atoms with E-state index in [1.165, 1.54) is 12.1 Å². The normalized spacial score (nSPS) is 17.3. The number of allylic oxidation sites excluding steroid dienone is 2. The Bertz CT molecular complexity index is 1280. The van der Waals surface area contributed by atoms with Crippen LogP contribution in [0.15, 0.2) is 48.4 Å². The fourth-order valence-electron chi connectivity index (χ4n) is 4.43. The first-order valence-corrected chi connectivity index (χ1v) is 10.5. The van der Waals surface area contributed by atoms with E-state index in [9.17, 15) is 14.3 Å². The molecule has 0 aliphatic heterocycles. The van der Waals surface area contributed by atoms with E-state index < -0.39 is 0 Å². The highest BCUT2D eigenvalue weighted by Crippen LogP contribution is 2.39. The number of aliphatic hydroxyl groups excluding tert-OH is 1. The summed E-state index contributed by atoms with van der Waals surface area (Å²) in [6.07, 6.45) is 8.01. The minimum absolute atomic E-state index is 0.0482. The number of rotatable bonds is 4. The number of halogens is 1. The van der Waals surface area contributed by atoms with Crippen LogP contribution in [0, 0.1) is 37.9 Å². The quantitative estimate of drug-likeness (QED) is 0.580. The van der Waals surface area contributed by atoms with Gasteiger partial charge in [-0.1, -0.05) is 29.3 Å². The Morgan fingerprint density at radius 1 is 1.25 bits per heavy atom. The van der Waals surface area contributed by atoms with Crippen molar-refractivity contribution in [2.75, 3.05) is 0 Å². The number of Topliss-reactive ketones (excluding diaryl/α,β-unsaturated/α-hetero) is 1. The van der Waals surface area contributed by atoms with Gasteiger partial charge in [0.15, 0.2) is 5.78 Å². The van der Waals surface area contributed by atoms with Crippen LogP contribution in [0.4, 0.5) is 4.39 Å². The van der Waals surface area contributed by atoms with Crippen LogP contribution in [-0.4, -0.2) is 25.9 Å². The second-order valence-electron chi connectivity index (χ2n) is 8.40. The highest BCUT2D eigenvalue weighted by atomic mass is 19.1. The average Bonchev–Trinajstić information content (AvgIpc) is 3.24. The van der Waals surface area contributed by atoms with E-state index in [-0.39, 0.29) is 35.7 Å². The van der Waals surface area contributed by atoms with Gasteiger partial charge >= 0.3 is 0 Å². The van der Waals surface area contributed by atoms with E-state index in [1.54, 1.807) is 23.0 Å². The van der Waals surface area contributed by atoms with Crippen LogP contribution in [0.5, 0.6) is 0 Å². The molecule has 32 heavy (non-hydrogen) atoms. The smallest absolute Gasteiger partial charge is 0.167 e. The van der Waals surface area contributed by atoms with Crippen molar-refractivity contribution in [1.29, 1.82) is 0 Å². The van der Waals surface area contributed by atoms with Crippen LogP contribution in [0.3, 0.4) is 0 Å². The van der Waals surface area contributed by atoms with E-state index in [0.29, 0.717) is 34.4 Å². The fraction of sp³-hybridized carbons (Fsp3) is 0.269. The molecule has 4 rings (SSSR count). The Labute approximate surface area is 186 Å². The van der Waals surface area contributed by atoms with Gasteiger partial charge in [0.05, 0.1) is 17.8 Å². The second kappa shape index (κ2) is 8.43. The number of hydrogen-bond acceptors (Lipinski definition) is 4. The Morgan fingerprint density at radius 3 is 2.72 bits per heavy atom. The van der Waals surface area contributed by atoms with Crippen LogP contribution < -0.4 is 0 Å². The summed E-state index contributed by atoms with van der Waals surface area (Å²) in [4.78, 5) is 13.1. The molecule has 0 radical (unpaired) electrons. The Balaban J connectivity index is 1.62. The Kier molecular flexibility index (Phi) is 5.67. The Hall–Kier alpha value is -3.72. The van der Waals surface area contributed by atoms with Gasteiger partial charge in [0.1, 0.15) is 17.3 Å². The average molecular weight is 429 g/mol. The number of nitrogens with zero attached hydrogens (tertiary/aromatic N) is 3. The van der Waals surface area contributed by atoms with Gasteiger partial charge < -0.3 is 5.11 Å². The van der Waals surface area contributed by atoms with E-state index in [1.807, 2.05) is 32.9 Å². The maximum absolute atomic E-state index is 13.5. The summed E-state index contributed by atoms with van der Waals surface area (Å²) < 4.78 is 15.2. The number of terminal acetylenes is 1. The molecular weight excluding hydrogens is 405 g/mol. The second-order valence-corrected chi connectivity index (χ2v) is 8.40. The molecule has 2 unspecified atom stereocenters. The molecule has 2 atom stereocenters. The van der Waals surface area contributed by atoms with E-state index in [0.717, 1.165) is 11.1 Å². The van der Waals surface area contributed by atoms with Crippen molar-refractivity contribution in [3.8, 4) is 23.6 Å². The van der Waals surface area contributed by atoms with Crippen LogP contribution in [-0.2, 0) is 4.79 Å². The molecule has 0 saturated heterocycles. The lowest BCUT2D eigenvalue weighted by molar-refractivity contribution is -0.115. The number of carbonyl (C=O) groups excluding carboxylic acids is 1. The monoisotopic (exact) mass is 429 g/mol. The first kappa shape index (κ1) is 21.5. The van der Waals surface area contributed by atoms with Crippen molar-refractivity contribution in [3.63, 3.8) is 0 Å². The molecule has 0 spiro atoms. The summed E-state index contributed by atoms with van der Waals surface area (Å²) in [5, 5.41) is 19.2. The van der Waals surface area contributed by atoms with Crippen molar-refractivity contribution in [2.45, 2.75) is 39.7 Å². The maximum atomic E-state index is 13.5. The summed E-state index contributed by atoms with van der Waals surface area (Å²) in [6.45, 7) is 5.78. The predicted molar refractivity (Wildman–Crippen MR) is 121 cm³/mol. The molecule has 1 aliphatic carbocycles. The van der Waals surface area contributed by atoms with Gasteiger partial charge in [-0.15, -0.1) is 11.5 Å². The van der Waals surface area contributed by atoms with E-state index in [2.05, 4.69) is 16.2 Å². The number of benzene rings is 2. The number of carbonyl (C=O) groups is 1. The predicted octanol–water partition coefficient (Wildman–Crippen LogP) is 5.19. The van der Waals surface area contributed by atoms with E-state index >= 15 is 0 Å². The SMILES string of the molecule is C#Cc1cc(C)cc(C)c1C1=C(O)CC(C(C)n2cc(-c3cccc(F)c3)nn2)CC1=O. The fourth-order valence-corrected chi connectivity index (χ4v) is 4.43. The Morgan fingerprint density at radius 2 is 2.03 bits per heavy atom. The van der Waals surface area contributed by atoms with Gasteiger partial charge in [-0.3, -0.25) is 4.79 Å². The lowest BCUT2D eigenvalue weighted by atomic mass is 9.79. The van der Waals surface area contributed by atoms with Gasteiger partial charge in [-0.05, 0) is 56.0 Å². The number of aryl methyl sites for hydroxylation is 2. The van der Waals surface area contributed by atoms with Crippen molar-refractivity contribution in [3.05, 3.63) is 76.4 Å². The van der Waals surface area contributed by atoms with Gasteiger partial charge in [0.25, 0.3) is 0 Å². The number of aromatic nitrogens is 3. The highest BCUT2D eigenvalue weighted by Gasteiger charge is 2.34. The molecule has 1 N–H and O–H groups in total. The molecule has 0 amide bonds. The number of aliphatic hydroxyl groups is 1. The van der Waals surface area contributed by atoms with Gasteiger partial charge in [0.2, 0.25) is 0 Å². The number of hydrogen-bond donors (Lipinski definition) is 1. The van der Waals surface area contributed by atoms with Gasteiger partial charge in [-0.25, -0.2) is 9.07 Å². The molecule has 0 fully saturated rings. The molecule has 0 bridgehead atoms. The topological polar surface area (TPSA) is 68.0 Å². The zero-order valence-electron chi connectivity index (χ0n) is 18.3. The van der Waals surface area contributed by atoms with E-state index in [4.69, 9.17) is 6.42 Å². The first-order chi connectivity index (χ1) is 15.3. The highest BCUT2D eigenvalue weighted by molar-refractivity contribution is 6.23. The molecule has 3 aromatic rings. The molecule has 6 heteroatoms. The van der Waals surface area contributed by atoms with Crippen LogP contribution in [0.1, 0.15) is 48.1 Å². The molecule has 2 aromatic carbocycles. The molecule has 1 aliphatic rings. The van der Waals surface area contributed by atoms with Crippen molar-refractivity contribution in [2.24, 2.45) is 5.92 Å². The first-order valence-electron chi connectivity index (χ1n) is 10.5. The van der Waals surface area contributed by atoms with Crippen LogP contribution >= 0.6 is 0 Å². The summed E-state index contributed by atoms with van der Waals surface area (Å²) >= 11 is 0. The summed E-state index contributed by atoms with van der Waals surface area (Å²) in [5.74, 6) is 2.06. The summed E-state index contributed by atoms with van der Waals surface area (Å²) in [5.41, 5.74) is 4.63. The van der Waals surface area contributed by atoms with Gasteiger partial charge in [0, 0.05) is 29.5 Å². The van der Waals surface area contributed by atoms with Gasteiger partial charge in [-0.2, -0.15) is 0 Å². The largest absolute Gasteiger partial charge is 0.512 e. The number of ketones is 1. The minimum Gasteiger partial charge on any atom is -0.512 e. The summed E-state index contributed by atoms with van der Waals surface area (Å²) in [7, 11) is 0. The third-order valence-corrected chi connectivity index (χ3v) is 6.09. The van der Waals surface area contributed by atoms with Crippen molar-refractivity contribution >= 4 is 11.4 Å². The zero-order chi connectivity index (χ0) is 23.0. The third kappa shape index (κ3) is 3.94. The lowest BCUT2D eigenvalue weighted by Crippen LogP contribution is -2.26. The maximum Gasteiger partial charge on any atom is 0.167 e.